The van der Waals surface area contributed by atoms with Crippen molar-refractivity contribution in [1.82, 2.24) is 19.4 Å². The van der Waals surface area contributed by atoms with Crippen LogP contribution < -0.4 is 10.1 Å². The number of carbonyl (C=O) groups excluding carboxylic acids is 1. The highest BCUT2D eigenvalue weighted by atomic mass is 32.2. The summed E-state index contributed by atoms with van der Waals surface area (Å²) in [5.74, 6) is -2.68. The van der Waals surface area contributed by atoms with Crippen molar-refractivity contribution in [3.8, 4) is 5.75 Å². The quantitative estimate of drug-likeness (QED) is 0.245. The minimum absolute atomic E-state index is 0.00206. The Morgan fingerprint density at radius 1 is 1.17 bits per heavy atom. The van der Waals surface area contributed by atoms with E-state index in [1.54, 1.807) is 0 Å². The number of nitro benzene ring substituents is 1. The highest BCUT2D eigenvalue weighted by Crippen LogP contribution is 2.30. The van der Waals surface area contributed by atoms with E-state index in [-0.39, 0.29) is 36.6 Å². The number of halogens is 2. The lowest BCUT2D eigenvalue weighted by Crippen LogP contribution is -2.39. The third-order valence-corrected chi connectivity index (χ3v) is 8.78. The largest absolute Gasteiger partial charge is 0.492 e. The van der Waals surface area contributed by atoms with Gasteiger partial charge in [-0.2, -0.15) is 9.40 Å². The van der Waals surface area contributed by atoms with Gasteiger partial charge in [0.2, 0.25) is 10.0 Å². The molecule has 0 saturated carbocycles. The Morgan fingerprint density at radius 3 is 2.45 bits per heavy atom. The Kier molecular flexibility index (Phi) is 9.23. The third kappa shape index (κ3) is 6.74. The number of amides is 1. The summed E-state index contributed by atoms with van der Waals surface area (Å²) in [5.41, 5.74) is 0.164. The van der Waals surface area contributed by atoms with Crippen molar-refractivity contribution in [2.45, 2.75) is 57.6 Å². The lowest BCUT2D eigenvalue weighted by atomic mass is 10.1. The molecule has 0 spiro atoms. The molecule has 1 aliphatic rings. The van der Waals surface area contributed by atoms with E-state index >= 15 is 0 Å². The molecule has 15 heteroatoms. The normalized spacial score (nSPS) is 13.9. The minimum atomic E-state index is -4.28. The molecular formula is C27H32F2N6O6S. The fourth-order valence-electron chi connectivity index (χ4n) is 4.91. The molecule has 0 aliphatic carbocycles. The van der Waals surface area contributed by atoms with E-state index < -0.39 is 43.1 Å². The van der Waals surface area contributed by atoms with Crippen LogP contribution in [0.25, 0.3) is 0 Å². The Labute approximate surface area is 241 Å². The van der Waals surface area contributed by atoms with E-state index in [2.05, 4.69) is 48.1 Å². The summed E-state index contributed by atoms with van der Waals surface area (Å²) in [5, 5.41) is 21.1. The maximum Gasteiger partial charge on any atom is 0.285 e. The molecule has 2 N–H and O–H groups in total. The molecule has 42 heavy (non-hydrogen) atoms. The van der Waals surface area contributed by atoms with Crippen LogP contribution in [0.15, 0.2) is 41.3 Å². The highest BCUT2D eigenvalue weighted by molar-refractivity contribution is 7.89. The smallest absolute Gasteiger partial charge is 0.285 e. The van der Waals surface area contributed by atoms with Gasteiger partial charge in [0.05, 0.1) is 15.9 Å². The van der Waals surface area contributed by atoms with E-state index in [1.807, 2.05) is 0 Å². The number of hydrogen-bond donors (Lipinski definition) is 2. The Bertz CT molecular complexity index is 1570. The maximum absolute atomic E-state index is 13.7. The first-order valence-electron chi connectivity index (χ1n) is 13.3. The maximum atomic E-state index is 13.7. The van der Waals surface area contributed by atoms with Crippen molar-refractivity contribution in [2.24, 2.45) is 0 Å². The van der Waals surface area contributed by atoms with Crippen molar-refractivity contribution < 1.29 is 31.7 Å². The molecule has 4 rings (SSSR count). The molecule has 0 saturated heterocycles. The number of anilines is 1. The molecule has 2 aromatic carbocycles. The number of hydrogen-bond acceptors (Lipinski definition) is 8. The van der Waals surface area contributed by atoms with Gasteiger partial charge in [0, 0.05) is 55.5 Å². The van der Waals surface area contributed by atoms with E-state index in [4.69, 9.17) is 4.74 Å². The van der Waals surface area contributed by atoms with Crippen molar-refractivity contribution >= 4 is 27.4 Å². The minimum Gasteiger partial charge on any atom is -0.492 e. The van der Waals surface area contributed by atoms with Crippen LogP contribution in [0.5, 0.6) is 5.75 Å². The zero-order chi connectivity index (χ0) is 30.8. The van der Waals surface area contributed by atoms with Gasteiger partial charge in [0.25, 0.3) is 11.6 Å². The van der Waals surface area contributed by atoms with E-state index in [9.17, 15) is 32.1 Å². The molecular weight excluding hydrogens is 574 g/mol. The number of fused-ring (bicyclic) bond motifs is 1. The molecule has 226 valence electrons. The summed E-state index contributed by atoms with van der Waals surface area (Å²) in [4.78, 5) is 25.9. The molecule has 0 bridgehead atoms. The summed E-state index contributed by atoms with van der Waals surface area (Å²) in [7, 11) is -4.28. The average molecular weight is 607 g/mol. The predicted molar refractivity (Wildman–Crippen MR) is 150 cm³/mol. The fraction of sp³-hybridized carbons (Fsp3) is 0.407. The predicted octanol–water partition coefficient (Wildman–Crippen LogP) is 4.09. The molecule has 0 unspecified atom stereocenters. The lowest BCUT2D eigenvalue weighted by Gasteiger charge is -2.30. The molecule has 0 radical (unpaired) electrons. The van der Waals surface area contributed by atoms with Gasteiger partial charge in [-0.05, 0) is 52.0 Å². The van der Waals surface area contributed by atoms with E-state index in [1.165, 1.54) is 18.2 Å². The number of nitrogens with zero attached hydrogens (tertiary/aromatic N) is 4. The van der Waals surface area contributed by atoms with Gasteiger partial charge < -0.3 is 10.1 Å². The molecule has 12 nitrogen and oxygen atoms in total. The molecule has 1 amide bonds. The van der Waals surface area contributed by atoms with Crippen molar-refractivity contribution in [3.05, 3.63) is 75.0 Å². The number of benzene rings is 2. The first kappa shape index (κ1) is 31.0. The number of aromatic amines is 1. The molecule has 0 fully saturated rings. The molecule has 2 heterocycles. The second-order valence-corrected chi connectivity index (χ2v) is 12.3. The number of ether oxygens (including phenoxy) is 1. The van der Waals surface area contributed by atoms with Gasteiger partial charge in [0.1, 0.15) is 29.6 Å². The number of H-pyrrole nitrogens is 1. The van der Waals surface area contributed by atoms with Crippen LogP contribution in [0, 0.1) is 21.7 Å². The van der Waals surface area contributed by atoms with Gasteiger partial charge in [-0.25, -0.2) is 17.2 Å². The van der Waals surface area contributed by atoms with E-state index in [0.717, 1.165) is 16.4 Å². The summed E-state index contributed by atoms with van der Waals surface area (Å²) in [6.07, 6.45) is 0.187. The standard InChI is InChI=1S/C27H32F2N6O6S/c1-16(2)34(17(3)4)9-10-41-20-5-6-22(25(14-20)35(37)38)27(36)30-26-23-15-33(8-7-24(23)31-32-26)42(39,40)21-12-18(28)11-19(29)13-21/h5-6,11-14,16-17H,7-10,15H2,1-4H3,(H2,30,31,32,36). The van der Waals surface area contributed by atoms with Gasteiger partial charge in [-0.3, -0.25) is 24.9 Å². The number of carbonyl (C=O) groups is 1. The van der Waals surface area contributed by atoms with Gasteiger partial charge in [0.15, 0.2) is 5.82 Å². The van der Waals surface area contributed by atoms with Crippen molar-refractivity contribution in [2.75, 3.05) is 25.0 Å². The first-order valence-corrected chi connectivity index (χ1v) is 14.7. The third-order valence-electron chi connectivity index (χ3n) is 6.96. The zero-order valence-electron chi connectivity index (χ0n) is 23.6. The first-order chi connectivity index (χ1) is 19.8. The summed E-state index contributed by atoms with van der Waals surface area (Å²) in [6.45, 7) is 8.92. The van der Waals surface area contributed by atoms with Crippen LogP contribution >= 0.6 is 0 Å². The second-order valence-electron chi connectivity index (χ2n) is 10.4. The average Bonchev–Trinajstić information content (AvgIpc) is 3.31. The molecule has 3 aromatic rings. The van der Waals surface area contributed by atoms with Gasteiger partial charge in [-0.1, -0.05) is 0 Å². The monoisotopic (exact) mass is 606 g/mol. The Balaban J connectivity index is 1.50. The number of nitro groups is 1. The number of rotatable bonds is 11. The zero-order valence-corrected chi connectivity index (χ0v) is 24.4. The second kappa shape index (κ2) is 12.5. The van der Waals surface area contributed by atoms with E-state index in [0.29, 0.717) is 42.6 Å². The van der Waals surface area contributed by atoms with Crippen molar-refractivity contribution in [1.29, 1.82) is 0 Å². The summed E-state index contributed by atoms with van der Waals surface area (Å²) >= 11 is 0. The Hall–Kier alpha value is -3.95. The lowest BCUT2D eigenvalue weighted by molar-refractivity contribution is -0.385. The SMILES string of the molecule is CC(C)N(CCOc1ccc(C(=O)Nc2n[nH]c3c2CN(S(=O)(=O)c2cc(F)cc(F)c2)CC3)c([N+](=O)[O-])c1)C(C)C. The summed E-state index contributed by atoms with van der Waals surface area (Å²) in [6, 6.07) is 6.52. The number of aromatic nitrogens is 2. The van der Waals surface area contributed by atoms with Crippen LogP contribution in [0.2, 0.25) is 0 Å². The number of sulfonamides is 1. The van der Waals surface area contributed by atoms with Crippen LogP contribution in [0.1, 0.15) is 49.3 Å². The highest BCUT2D eigenvalue weighted by Gasteiger charge is 2.33. The fourth-order valence-corrected chi connectivity index (χ4v) is 6.36. The summed E-state index contributed by atoms with van der Waals surface area (Å²) < 4.78 is 60.3. The van der Waals surface area contributed by atoms with Crippen LogP contribution in [0.4, 0.5) is 20.3 Å². The molecule has 1 aliphatic heterocycles. The van der Waals surface area contributed by atoms with Gasteiger partial charge in [-0.15, -0.1) is 0 Å². The number of nitrogens with one attached hydrogen (secondary N) is 2. The van der Waals surface area contributed by atoms with Gasteiger partial charge >= 0.3 is 0 Å². The topological polar surface area (TPSA) is 151 Å². The Morgan fingerprint density at radius 2 is 1.83 bits per heavy atom. The van der Waals surface area contributed by atoms with Crippen LogP contribution in [-0.2, 0) is 23.0 Å². The molecule has 0 atom stereocenters. The van der Waals surface area contributed by atoms with Crippen molar-refractivity contribution in [3.63, 3.8) is 0 Å². The molecule has 1 aromatic heterocycles. The van der Waals surface area contributed by atoms with Crippen LogP contribution in [0.3, 0.4) is 0 Å². The van der Waals surface area contributed by atoms with Crippen LogP contribution in [-0.4, -0.2) is 70.4 Å².